The van der Waals surface area contributed by atoms with Gasteiger partial charge in [-0.25, -0.2) is 4.79 Å². The Bertz CT molecular complexity index is 1180. The van der Waals surface area contributed by atoms with Crippen molar-refractivity contribution in [2.45, 2.75) is 37.0 Å². The number of aromatic amines is 1. The molecule has 1 aliphatic heterocycles. The van der Waals surface area contributed by atoms with E-state index in [0.717, 1.165) is 34.9 Å². The highest BCUT2D eigenvalue weighted by atomic mass is 32.2. The van der Waals surface area contributed by atoms with E-state index in [1.807, 2.05) is 6.92 Å². The summed E-state index contributed by atoms with van der Waals surface area (Å²) in [4.78, 5) is 24.6. The number of H-pyrrole nitrogens is 1. The minimum atomic E-state index is -4.52. The summed E-state index contributed by atoms with van der Waals surface area (Å²) in [6.07, 6.45) is -3.23. The molecule has 4 rings (SSSR count). The minimum Gasteiger partial charge on any atom is -0.480 e. The number of rotatable bonds is 4. The third kappa shape index (κ3) is 3.11. The third-order valence-electron chi connectivity index (χ3n) is 4.90. The molecule has 2 N–H and O–H groups in total. The molecule has 2 aromatic heterocycles. The van der Waals surface area contributed by atoms with Gasteiger partial charge < -0.3 is 5.11 Å². The number of aliphatic carboxylic acids is 1. The highest BCUT2D eigenvalue weighted by Crippen LogP contribution is 2.44. The zero-order valence-electron chi connectivity index (χ0n) is 15.2. The predicted molar refractivity (Wildman–Crippen MR) is 102 cm³/mol. The number of carboxylic acids is 1. The highest BCUT2D eigenvalue weighted by molar-refractivity contribution is 7.99. The van der Waals surface area contributed by atoms with Crippen LogP contribution in [-0.2, 0) is 17.4 Å². The van der Waals surface area contributed by atoms with Gasteiger partial charge in [0.25, 0.3) is 5.56 Å². The van der Waals surface area contributed by atoms with Crippen LogP contribution in [-0.4, -0.2) is 31.6 Å². The molecular weight excluding hydrogens is 407 g/mol. The molecule has 0 spiro atoms. The lowest BCUT2D eigenvalue weighted by molar-refractivity contribution is -0.140. The van der Waals surface area contributed by atoms with Crippen LogP contribution in [0.5, 0.6) is 0 Å². The molecule has 1 aliphatic rings. The molecule has 0 saturated heterocycles. The van der Waals surface area contributed by atoms with Gasteiger partial charge in [-0.2, -0.15) is 18.3 Å². The molecule has 0 unspecified atom stereocenters. The second kappa shape index (κ2) is 6.94. The van der Waals surface area contributed by atoms with E-state index < -0.39 is 29.3 Å². The first kappa shape index (κ1) is 19.6. The monoisotopic (exact) mass is 423 g/mol. The summed E-state index contributed by atoms with van der Waals surface area (Å²) >= 11 is 1.16. The number of thioether (sulfide) groups is 1. The number of nitrogens with zero attached hydrogens (tertiary/aromatic N) is 2. The second-order valence-corrected chi connectivity index (χ2v) is 7.78. The van der Waals surface area contributed by atoms with E-state index in [1.54, 1.807) is 0 Å². The van der Waals surface area contributed by atoms with Crippen LogP contribution < -0.4 is 5.56 Å². The Morgan fingerprint density at radius 1 is 1.41 bits per heavy atom. The number of hydrogen-bond acceptors (Lipinski definition) is 4. The molecular formula is C19H16F3N3O3S. The summed E-state index contributed by atoms with van der Waals surface area (Å²) in [5, 5.41) is 17.2. The van der Waals surface area contributed by atoms with E-state index in [9.17, 15) is 27.9 Å². The largest absolute Gasteiger partial charge is 0.480 e. The molecule has 3 heterocycles. The molecule has 0 amide bonds. The van der Waals surface area contributed by atoms with Crippen molar-refractivity contribution in [2.24, 2.45) is 0 Å². The zero-order chi connectivity index (χ0) is 20.9. The Balaban J connectivity index is 2.10. The van der Waals surface area contributed by atoms with Crippen LogP contribution in [0.3, 0.4) is 0 Å². The SMILES string of the molecule is CCCc1[nH]nc2c(=O)n3c(c(-c4cccc(C(F)(F)F)c4)c12)SC[C@H]3C(=O)O. The van der Waals surface area contributed by atoms with E-state index in [-0.39, 0.29) is 16.8 Å². The maximum Gasteiger partial charge on any atom is 0.416 e. The van der Waals surface area contributed by atoms with Crippen LogP contribution in [0, 0.1) is 0 Å². The van der Waals surface area contributed by atoms with Crippen LogP contribution in [0.15, 0.2) is 34.1 Å². The van der Waals surface area contributed by atoms with Gasteiger partial charge in [0, 0.05) is 22.4 Å². The van der Waals surface area contributed by atoms with Gasteiger partial charge in [0.1, 0.15) is 6.04 Å². The lowest BCUT2D eigenvalue weighted by Crippen LogP contribution is -2.29. The molecule has 0 bridgehead atoms. The van der Waals surface area contributed by atoms with Crippen molar-refractivity contribution in [3.63, 3.8) is 0 Å². The fourth-order valence-electron chi connectivity index (χ4n) is 3.62. The number of alkyl halides is 3. The molecule has 1 atom stereocenters. The maximum atomic E-state index is 13.3. The van der Waals surface area contributed by atoms with Crippen LogP contribution in [0.25, 0.3) is 22.0 Å². The number of carbonyl (C=O) groups is 1. The number of aromatic nitrogens is 3. The van der Waals surface area contributed by atoms with E-state index in [1.165, 1.54) is 12.1 Å². The van der Waals surface area contributed by atoms with Crippen molar-refractivity contribution in [2.75, 3.05) is 5.75 Å². The van der Waals surface area contributed by atoms with Gasteiger partial charge in [-0.3, -0.25) is 14.5 Å². The van der Waals surface area contributed by atoms with Crippen molar-refractivity contribution in [3.05, 3.63) is 45.9 Å². The predicted octanol–water partition coefficient (Wildman–Crippen LogP) is 4.09. The van der Waals surface area contributed by atoms with Crippen LogP contribution in [0.1, 0.15) is 30.6 Å². The lowest BCUT2D eigenvalue weighted by atomic mass is 9.98. The molecule has 3 aromatic rings. The number of hydrogen-bond donors (Lipinski definition) is 2. The maximum absolute atomic E-state index is 13.3. The smallest absolute Gasteiger partial charge is 0.416 e. The number of aryl methyl sites for hydroxylation is 1. The Hall–Kier alpha value is -2.75. The minimum absolute atomic E-state index is 0.0401. The molecule has 29 heavy (non-hydrogen) atoms. The summed E-state index contributed by atoms with van der Waals surface area (Å²) in [5.41, 5.74) is 0.00353. The van der Waals surface area contributed by atoms with Gasteiger partial charge in [-0.1, -0.05) is 25.5 Å². The fourth-order valence-corrected chi connectivity index (χ4v) is 4.95. The van der Waals surface area contributed by atoms with E-state index in [0.29, 0.717) is 28.1 Å². The van der Waals surface area contributed by atoms with Gasteiger partial charge >= 0.3 is 12.1 Å². The Morgan fingerprint density at radius 2 is 2.17 bits per heavy atom. The molecule has 0 saturated carbocycles. The summed E-state index contributed by atoms with van der Waals surface area (Å²) < 4.78 is 41.0. The Kier molecular flexibility index (Phi) is 4.68. The molecule has 6 nitrogen and oxygen atoms in total. The number of carboxylic acid groups (broad SMARTS) is 1. The molecule has 0 radical (unpaired) electrons. The fraction of sp³-hybridized carbons (Fsp3) is 0.316. The van der Waals surface area contributed by atoms with Crippen molar-refractivity contribution < 1.29 is 23.1 Å². The number of fused-ring (bicyclic) bond motifs is 2. The standard InChI is InChI=1S/C19H16F3N3O3S/c1-2-4-11-14-13(9-5-3-6-10(7-9)19(20,21)22)17-25(12(8-29-17)18(27)28)16(26)15(14)24-23-11/h3,5-7,12H,2,4,8H2,1H3,(H,23,24)(H,27,28)/t12-/m0/s1. The van der Waals surface area contributed by atoms with E-state index >= 15 is 0 Å². The number of nitrogens with one attached hydrogen (secondary N) is 1. The molecule has 152 valence electrons. The van der Waals surface area contributed by atoms with Crippen molar-refractivity contribution in [1.82, 2.24) is 14.8 Å². The van der Waals surface area contributed by atoms with Crippen LogP contribution in [0.2, 0.25) is 0 Å². The van der Waals surface area contributed by atoms with Crippen molar-refractivity contribution in [3.8, 4) is 11.1 Å². The quantitative estimate of drug-likeness (QED) is 0.660. The van der Waals surface area contributed by atoms with E-state index in [2.05, 4.69) is 10.2 Å². The number of halogens is 3. The van der Waals surface area contributed by atoms with Gasteiger partial charge in [0.2, 0.25) is 0 Å². The Morgan fingerprint density at radius 3 is 2.83 bits per heavy atom. The van der Waals surface area contributed by atoms with Gasteiger partial charge in [-0.15, -0.1) is 11.8 Å². The topological polar surface area (TPSA) is 88.0 Å². The van der Waals surface area contributed by atoms with Gasteiger partial charge in [0.15, 0.2) is 5.52 Å². The summed E-state index contributed by atoms with van der Waals surface area (Å²) in [6.45, 7) is 1.94. The Labute approximate surface area is 166 Å². The molecule has 10 heteroatoms. The van der Waals surface area contributed by atoms with Crippen LogP contribution >= 0.6 is 11.8 Å². The van der Waals surface area contributed by atoms with Gasteiger partial charge in [-0.05, 0) is 24.1 Å². The normalized spacial score (nSPS) is 16.3. The lowest BCUT2D eigenvalue weighted by Gasteiger charge is -2.15. The van der Waals surface area contributed by atoms with E-state index in [4.69, 9.17) is 0 Å². The first-order chi connectivity index (χ1) is 13.7. The molecule has 1 aromatic carbocycles. The molecule has 0 fully saturated rings. The first-order valence-corrected chi connectivity index (χ1v) is 9.91. The number of benzene rings is 1. The third-order valence-corrected chi connectivity index (χ3v) is 6.06. The number of pyridine rings is 1. The van der Waals surface area contributed by atoms with Crippen molar-refractivity contribution in [1.29, 1.82) is 0 Å². The van der Waals surface area contributed by atoms with Crippen molar-refractivity contribution >= 4 is 28.6 Å². The average molecular weight is 423 g/mol. The first-order valence-electron chi connectivity index (χ1n) is 8.92. The highest BCUT2D eigenvalue weighted by Gasteiger charge is 2.36. The van der Waals surface area contributed by atoms with Gasteiger partial charge in [0.05, 0.1) is 10.6 Å². The van der Waals surface area contributed by atoms with Crippen LogP contribution in [0.4, 0.5) is 13.2 Å². The second-order valence-electron chi connectivity index (χ2n) is 6.77. The molecule has 0 aliphatic carbocycles. The zero-order valence-corrected chi connectivity index (χ0v) is 16.0. The summed E-state index contributed by atoms with van der Waals surface area (Å²) in [5.74, 6) is -1.05. The summed E-state index contributed by atoms with van der Waals surface area (Å²) in [6, 6.07) is 3.75. The summed E-state index contributed by atoms with van der Waals surface area (Å²) in [7, 11) is 0. The average Bonchev–Trinajstić information content (AvgIpc) is 3.28.